The highest BCUT2D eigenvalue weighted by Gasteiger charge is 2.27. The molecular formula is C25H29N3O. The highest BCUT2D eigenvalue weighted by molar-refractivity contribution is 6.07. The minimum atomic E-state index is 0.102. The maximum Gasteiger partial charge on any atom is 0.254 e. The Morgan fingerprint density at radius 2 is 1.72 bits per heavy atom. The van der Waals surface area contributed by atoms with Crippen molar-refractivity contribution in [1.82, 2.24) is 9.88 Å². The van der Waals surface area contributed by atoms with Gasteiger partial charge in [-0.05, 0) is 67.5 Å². The van der Waals surface area contributed by atoms with E-state index >= 15 is 0 Å². The van der Waals surface area contributed by atoms with Crippen LogP contribution in [0.15, 0.2) is 48.5 Å². The van der Waals surface area contributed by atoms with Crippen LogP contribution in [0.1, 0.15) is 41.8 Å². The van der Waals surface area contributed by atoms with Crippen molar-refractivity contribution in [2.24, 2.45) is 11.8 Å². The molecule has 0 aliphatic carbocycles. The first-order valence-electron chi connectivity index (χ1n) is 10.4. The summed E-state index contributed by atoms with van der Waals surface area (Å²) < 4.78 is 0. The van der Waals surface area contributed by atoms with Gasteiger partial charge in [-0.1, -0.05) is 38.1 Å². The maximum absolute atomic E-state index is 13.5. The van der Waals surface area contributed by atoms with Gasteiger partial charge in [-0.15, -0.1) is 0 Å². The molecule has 1 N–H and O–H groups in total. The average Bonchev–Trinajstić information content (AvgIpc) is 2.69. The first kappa shape index (κ1) is 19.4. The van der Waals surface area contributed by atoms with Crippen LogP contribution in [-0.2, 0) is 0 Å². The van der Waals surface area contributed by atoms with E-state index in [1.165, 1.54) is 17.5 Å². The molecule has 29 heavy (non-hydrogen) atoms. The Bertz CT molecular complexity index is 1050. The number of fused-ring (bicyclic) bond motifs is 1. The van der Waals surface area contributed by atoms with E-state index in [0.717, 1.165) is 35.2 Å². The van der Waals surface area contributed by atoms with Crippen molar-refractivity contribution in [2.45, 2.75) is 34.1 Å². The van der Waals surface area contributed by atoms with Gasteiger partial charge in [-0.25, -0.2) is 4.98 Å². The molecule has 1 aromatic heterocycles. The second-order valence-corrected chi connectivity index (χ2v) is 8.65. The topological polar surface area (TPSA) is 45.2 Å². The number of pyridine rings is 1. The van der Waals surface area contributed by atoms with Crippen molar-refractivity contribution in [3.63, 3.8) is 0 Å². The first-order chi connectivity index (χ1) is 13.9. The van der Waals surface area contributed by atoms with Crippen molar-refractivity contribution >= 4 is 28.3 Å². The second-order valence-electron chi connectivity index (χ2n) is 8.65. The van der Waals surface area contributed by atoms with E-state index in [9.17, 15) is 4.79 Å². The number of nitrogens with zero attached hydrogens (tertiary/aromatic N) is 2. The van der Waals surface area contributed by atoms with Gasteiger partial charge in [0.1, 0.15) is 5.82 Å². The molecule has 1 fully saturated rings. The van der Waals surface area contributed by atoms with Crippen LogP contribution in [0.25, 0.3) is 10.9 Å². The molecule has 0 saturated carbocycles. The third kappa shape index (κ3) is 4.12. The first-order valence-corrected chi connectivity index (χ1v) is 10.4. The van der Waals surface area contributed by atoms with Crippen LogP contribution in [-0.4, -0.2) is 28.9 Å². The Morgan fingerprint density at radius 1 is 1.00 bits per heavy atom. The van der Waals surface area contributed by atoms with E-state index in [1.807, 2.05) is 35.2 Å². The Hall–Kier alpha value is -2.88. The molecule has 4 heteroatoms. The van der Waals surface area contributed by atoms with Crippen LogP contribution in [0.2, 0.25) is 0 Å². The number of nitrogens with one attached hydrogen (secondary N) is 1. The van der Waals surface area contributed by atoms with Crippen molar-refractivity contribution in [2.75, 3.05) is 18.4 Å². The number of piperidine rings is 1. The zero-order valence-corrected chi connectivity index (χ0v) is 17.7. The van der Waals surface area contributed by atoms with Gasteiger partial charge in [0.05, 0.1) is 11.1 Å². The number of carbonyl (C=O) groups excluding carboxylic acids is 1. The zero-order valence-electron chi connectivity index (χ0n) is 17.7. The van der Waals surface area contributed by atoms with Crippen molar-refractivity contribution in [3.05, 3.63) is 65.2 Å². The summed E-state index contributed by atoms with van der Waals surface area (Å²) >= 11 is 0. The number of anilines is 2. The minimum Gasteiger partial charge on any atom is -0.340 e. The van der Waals surface area contributed by atoms with Crippen LogP contribution in [0, 0.1) is 25.7 Å². The molecule has 1 saturated heterocycles. The summed E-state index contributed by atoms with van der Waals surface area (Å²) in [5.41, 5.74) is 5.02. The van der Waals surface area contributed by atoms with Crippen molar-refractivity contribution < 1.29 is 4.79 Å². The van der Waals surface area contributed by atoms with Crippen LogP contribution in [0.4, 0.5) is 11.5 Å². The standard InChI is InChI=1S/C25H29N3O/c1-16-11-17(2)15-28(14-16)25(29)22-13-24(27-23-8-6-5-7-21(22)23)26-20-10-9-18(3)19(4)12-20/h5-10,12-13,16-17H,11,14-15H2,1-4H3,(H,26,27). The Morgan fingerprint density at radius 3 is 2.45 bits per heavy atom. The number of hydrogen-bond acceptors (Lipinski definition) is 3. The molecule has 1 amide bonds. The summed E-state index contributed by atoms with van der Waals surface area (Å²) in [6.07, 6.45) is 1.18. The van der Waals surface area contributed by atoms with Gasteiger partial charge in [0.25, 0.3) is 5.91 Å². The lowest BCUT2D eigenvalue weighted by atomic mass is 9.91. The van der Waals surface area contributed by atoms with Gasteiger partial charge in [0.15, 0.2) is 0 Å². The molecule has 3 aromatic rings. The Labute approximate surface area is 173 Å². The Balaban J connectivity index is 1.72. The molecule has 0 radical (unpaired) electrons. The number of aromatic nitrogens is 1. The number of likely N-dealkylation sites (tertiary alicyclic amines) is 1. The number of carbonyl (C=O) groups is 1. The molecule has 4 rings (SSSR count). The number of amides is 1. The lowest BCUT2D eigenvalue weighted by Crippen LogP contribution is -2.42. The molecule has 2 heterocycles. The number of hydrogen-bond donors (Lipinski definition) is 1. The lowest BCUT2D eigenvalue weighted by Gasteiger charge is -2.35. The minimum absolute atomic E-state index is 0.102. The third-order valence-electron chi connectivity index (χ3n) is 5.88. The summed E-state index contributed by atoms with van der Waals surface area (Å²) in [4.78, 5) is 20.3. The number of para-hydroxylation sites is 1. The molecule has 2 atom stereocenters. The number of benzene rings is 2. The van der Waals surface area contributed by atoms with E-state index in [2.05, 4.69) is 51.2 Å². The van der Waals surface area contributed by atoms with Crippen LogP contribution >= 0.6 is 0 Å². The predicted octanol–water partition coefficient (Wildman–Crippen LogP) is 5.71. The smallest absolute Gasteiger partial charge is 0.254 e. The second kappa shape index (κ2) is 7.86. The van der Waals surface area contributed by atoms with Gasteiger partial charge in [0.2, 0.25) is 0 Å². The molecule has 0 bridgehead atoms. The summed E-state index contributed by atoms with van der Waals surface area (Å²) in [5, 5.41) is 4.31. The highest BCUT2D eigenvalue weighted by atomic mass is 16.2. The maximum atomic E-state index is 13.5. The molecule has 2 unspecified atom stereocenters. The zero-order chi connectivity index (χ0) is 20.5. The largest absolute Gasteiger partial charge is 0.340 e. The van der Waals surface area contributed by atoms with Crippen molar-refractivity contribution in [3.8, 4) is 0 Å². The van der Waals surface area contributed by atoms with Gasteiger partial charge in [0, 0.05) is 24.2 Å². The summed E-state index contributed by atoms with van der Waals surface area (Å²) in [7, 11) is 0. The lowest BCUT2D eigenvalue weighted by molar-refractivity contribution is 0.0625. The third-order valence-corrected chi connectivity index (χ3v) is 5.88. The van der Waals surface area contributed by atoms with E-state index < -0.39 is 0 Å². The summed E-state index contributed by atoms with van der Waals surface area (Å²) in [6, 6.07) is 16.1. The number of rotatable bonds is 3. The fourth-order valence-electron chi connectivity index (χ4n) is 4.38. The van der Waals surface area contributed by atoms with Crippen LogP contribution in [0.5, 0.6) is 0 Å². The van der Waals surface area contributed by atoms with E-state index in [4.69, 9.17) is 4.98 Å². The van der Waals surface area contributed by atoms with Crippen LogP contribution < -0.4 is 5.32 Å². The van der Waals surface area contributed by atoms with E-state index in [1.54, 1.807) is 0 Å². The van der Waals surface area contributed by atoms with E-state index in [0.29, 0.717) is 17.7 Å². The molecule has 4 nitrogen and oxygen atoms in total. The van der Waals surface area contributed by atoms with Gasteiger partial charge in [-0.3, -0.25) is 4.79 Å². The fraction of sp³-hybridized carbons (Fsp3) is 0.360. The molecule has 150 valence electrons. The molecular weight excluding hydrogens is 358 g/mol. The van der Waals surface area contributed by atoms with Gasteiger partial charge < -0.3 is 10.2 Å². The monoisotopic (exact) mass is 387 g/mol. The molecule has 1 aliphatic rings. The number of aryl methyl sites for hydroxylation is 2. The van der Waals surface area contributed by atoms with Crippen LogP contribution in [0.3, 0.4) is 0 Å². The predicted molar refractivity (Wildman–Crippen MR) is 120 cm³/mol. The summed E-state index contributed by atoms with van der Waals surface area (Å²) in [6.45, 7) is 10.3. The van der Waals surface area contributed by atoms with Gasteiger partial charge >= 0.3 is 0 Å². The van der Waals surface area contributed by atoms with Gasteiger partial charge in [-0.2, -0.15) is 0 Å². The molecule has 1 aliphatic heterocycles. The summed E-state index contributed by atoms with van der Waals surface area (Å²) in [5.74, 6) is 1.87. The quantitative estimate of drug-likeness (QED) is 0.626. The van der Waals surface area contributed by atoms with Crippen molar-refractivity contribution in [1.29, 1.82) is 0 Å². The molecule has 0 spiro atoms. The Kier molecular flexibility index (Phi) is 5.27. The fourth-order valence-corrected chi connectivity index (χ4v) is 4.38. The highest BCUT2D eigenvalue weighted by Crippen LogP contribution is 2.28. The molecule has 2 aromatic carbocycles. The average molecular weight is 388 g/mol. The SMILES string of the molecule is Cc1ccc(Nc2cc(C(=O)N3CC(C)CC(C)C3)c3ccccc3n2)cc1C. The normalized spacial score (nSPS) is 19.4. The van der Waals surface area contributed by atoms with E-state index in [-0.39, 0.29) is 5.91 Å².